The highest BCUT2D eigenvalue weighted by atomic mass is 32.2. The van der Waals surface area contributed by atoms with E-state index in [1.165, 1.54) is 0 Å². The molecule has 0 aliphatic carbocycles. The number of unbranched alkanes of at least 4 members (excludes halogenated alkanes) is 1. The largest absolute Gasteiger partial charge is 0.240 e. The van der Waals surface area contributed by atoms with Crippen molar-refractivity contribution in [2.75, 3.05) is 6.54 Å². The molecule has 1 aromatic rings. The van der Waals surface area contributed by atoms with Gasteiger partial charge in [0.1, 0.15) is 0 Å². The molecule has 4 heteroatoms. The SMILES string of the molecule is CCCCC(CC)CNS(=O)(=O)c1ccc(C(C)(C)C)cc1. The summed E-state index contributed by atoms with van der Waals surface area (Å²) < 4.78 is 27.5. The van der Waals surface area contributed by atoms with Crippen LogP contribution in [0.15, 0.2) is 29.2 Å². The van der Waals surface area contributed by atoms with Gasteiger partial charge >= 0.3 is 0 Å². The van der Waals surface area contributed by atoms with E-state index in [2.05, 4.69) is 39.3 Å². The average molecular weight is 326 g/mol. The lowest BCUT2D eigenvalue weighted by Gasteiger charge is -2.19. The highest BCUT2D eigenvalue weighted by Crippen LogP contribution is 2.23. The van der Waals surface area contributed by atoms with E-state index in [1.807, 2.05) is 12.1 Å². The number of benzene rings is 1. The first-order valence-electron chi connectivity index (χ1n) is 8.31. The molecule has 22 heavy (non-hydrogen) atoms. The summed E-state index contributed by atoms with van der Waals surface area (Å²) in [5, 5.41) is 0. The predicted molar refractivity (Wildman–Crippen MR) is 93.6 cm³/mol. The predicted octanol–water partition coefficient (Wildman–Crippen LogP) is 4.48. The second-order valence-electron chi connectivity index (χ2n) is 7.04. The van der Waals surface area contributed by atoms with Gasteiger partial charge in [-0.15, -0.1) is 0 Å². The van der Waals surface area contributed by atoms with Crippen molar-refractivity contribution >= 4 is 10.0 Å². The zero-order valence-corrected chi connectivity index (χ0v) is 15.5. The molecule has 0 aliphatic rings. The molecule has 0 spiro atoms. The number of hydrogen-bond donors (Lipinski definition) is 1. The summed E-state index contributed by atoms with van der Waals surface area (Å²) in [6, 6.07) is 7.22. The molecule has 0 saturated heterocycles. The van der Waals surface area contributed by atoms with Gasteiger partial charge in [0.05, 0.1) is 4.90 Å². The number of rotatable bonds is 8. The first-order valence-corrected chi connectivity index (χ1v) is 9.79. The minimum absolute atomic E-state index is 0.0309. The van der Waals surface area contributed by atoms with Crippen LogP contribution in [0.3, 0.4) is 0 Å². The molecule has 1 unspecified atom stereocenters. The van der Waals surface area contributed by atoms with Gasteiger partial charge in [0.2, 0.25) is 10.0 Å². The summed E-state index contributed by atoms with van der Waals surface area (Å²) in [4.78, 5) is 0.353. The summed E-state index contributed by atoms with van der Waals surface area (Å²) >= 11 is 0. The minimum Gasteiger partial charge on any atom is -0.211 e. The summed E-state index contributed by atoms with van der Waals surface area (Å²) in [5.41, 5.74) is 1.17. The van der Waals surface area contributed by atoms with Crippen molar-refractivity contribution < 1.29 is 8.42 Å². The Balaban J connectivity index is 2.74. The van der Waals surface area contributed by atoms with Gasteiger partial charge < -0.3 is 0 Å². The Labute approximate surface area is 136 Å². The van der Waals surface area contributed by atoms with Gasteiger partial charge in [-0.3, -0.25) is 0 Å². The van der Waals surface area contributed by atoms with Crippen molar-refractivity contribution in [2.24, 2.45) is 5.92 Å². The Morgan fingerprint density at radius 3 is 2.14 bits per heavy atom. The highest BCUT2D eigenvalue weighted by Gasteiger charge is 2.18. The Morgan fingerprint density at radius 1 is 1.09 bits per heavy atom. The van der Waals surface area contributed by atoms with Gasteiger partial charge in [-0.2, -0.15) is 0 Å². The number of hydrogen-bond acceptors (Lipinski definition) is 2. The molecule has 126 valence electrons. The average Bonchev–Trinajstić information content (AvgIpc) is 2.46. The van der Waals surface area contributed by atoms with Crippen molar-refractivity contribution in [3.8, 4) is 0 Å². The molecule has 1 aromatic carbocycles. The van der Waals surface area contributed by atoms with Gasteiger partial charge in [-0.05, 0) is 35.4 Å². The van der Waals surface area contributed by atoms with E-state index in [-0.39, 0.29) is 5.41 Å². The maximum absolute atomic E-state index is 12.4. The fourth-order valence-electron chi connectivity index (χ4n) is 2.39. The topological polar surface area (TPSA) is 46.2 Å². The van der Waals surface area contributed by atoms with Gasteiger partial charge in [0.25, 0.3) is 0 Å². The quantitative estimate of drug-likeness (QED) is 0.766. The lowest BCUT2D eigenvalue weighted by Crippen LogP contribution is -2.29. The van der Waals surface area contributed by atoms with E-state index in [0.717, 1.165) is 31.2 Å². The van der Waals surface area contributed by atoms with E-state index < -0.39 is 10.0 Å². The lowest BCUT2D eigenvalue weighted by atomic mass is 9.87. The summed E-state index contributed by atoms with van der Waals surface area (Å²) in [6.45, 7) is 11.2. The van der Waals surface area contributed by atoms with Crippen LogP contribution in [0.25, 0.3) is 0 Å². The molecule has 1 atom stereocenters. The van der Waals surface area contributed by atoms with Crippen LogP contribution >= 0.6 is 0 Å². The molecular weight excluding hydrogens is 294 g/mol. The van der Waals surface area contributed by atoms with E-state index in [4.69, 9.17) is 0 Å². The van der Waals surface area contributed by atoms with Gasteiger partial charge in [-0.1, -0.05) is 66.0 Å². The fourth-order valence-corrected chi connectivity index (χ4v) is 3.50. The normalized spacial score (nSPS) is 14.0. The van der Waals surface area contributed by atoms with Crippen LogP contribution in [0.2, 0.25) is 0 Å². The number of nitrogens with one attached hydrogen (secondary N) is 1. The smallest absolute Gasteiger partial charge is 0.211 e. The maximum atomic E-state index is 12.4. The first-order chi connectivity index (χ1) is 10.2. The molecule has 0 bridgehead atoms. The summed E-state index contributed by atoms with van der Waals surface area (Å²) in [6.07, 6.45) is 4.39. The minimum atomic E-state index is -3.40. The van der Waals surface area contributed by atoms with Crippen LogP contribution in [0.4, 0.5) is 0 Å². The first kappa shape index (κ1) is 19.2. The zero-order chi connectivity index (χ0) is 16.8. The lowest BCUT2D eigenvalue weighted by molar-refractivity contribution is 0.443. The maximum Gasteiger partial charge on any atom is 0.240 e. The third kappa shape index (κ3) is 5.73. The Hall–Kier alpha value is -0.870. The monoisotopic (exact) mass is 325 g/mol. The zero-order valence-electron chi connectivity index (χ0n) is 14.6. The van der Waals surface area contributed by atoms with Crippen molar-refractivity contribution in [3.63, 3.8) is 0 Å². The molecule has 0 aliphatic heterocycles. The Morgan fingerprint density at radius 2 is 1.68 bits per heavy atom. The third-order valence-electron chi connectivity index (χ3n) is 4.14. The molecule has 0 radical (unpaired) electrons. The molecule has 0 fully saturated rings. The standard InChI is InChI=1S/C18H31NO2S/c1-6-8-9-15(7-2)14-19-22(20,21)17-12-10-16(11-13-17)18(3,4)5/h10-13,15,19H,6-9,14H2,1-5H3. The molecule has 3 nitrogen and oxygen atoms in total. The van der Waals surface area contributed by atoms with Crippen LogP contribution in [0.1, 0.15) is 65.9 Å². The van der Waals surface area contributed by atoms with Gasteiger partial charge in [0, 0.05) is 6.54 Å². The number of sulfonamides is 1. The summed E-state index contributed by atoms with van der Waals surface area (Å²) in [7, 11) is -3.40. The Bertz CT molecular complexity index is 541. The second-order valence-corrected chi connectivity index (χ2v) is 8.81. The molecule has 0 saturated carbocycles. The van der Waals surface area contributed by atoms with Crippen LogP contribution < -0.4 is 4.72 Å². The molecule has 0 aromatic heterocycles. The molecular formula is C18H31NO2S. The van der Waals surface area contributed by atoms with E-state index in [9.17, 15) is 8.42 Å². The van der Waals surface area contributed by atoms with Crippen LogP contribution in [-0.2, 0) is 15.4 Å². The van der Waals surface area contributed by atoms with Crippen molar-refractivity contribution in [1.29, 1.82) is 0 Å². The van der Waals surface area contributed by atoms with Crippen LogP contribution in [0.5, 0.6) is 0 Å². The third-order valence-corrected chi connectivity index (χ3v) is 5.58. The summed E-state index contributed by atoms with van der Waals surface area (Å²) in [5.74, 6) is 0.420. The van der Waals surface area contributed by atoms with E-state index >= 15 is 0 Å². The van der Waals surface area contributed by atoms with Crippen LogP contribution in [-0.4, -0.2) is 15.0 Å². The van der Waals surface area contributed by atoms with Gasteiger partial charge in [-0.25, -0.2) is 13.1 Å². The van der Waals surface area contributed by atoms with Gasteiger partial charge in [0.15, 0.2) is 0 Å². The van der Waals surface area contributed by atoms with Crippen molar-refractivity contribution in [3.05, 3.63) is 29.8 Å². The van der Waals surface area contributed by atoms with Crippen LogP contribution in [0, 0.1) is 5.92 Å². The molecule has 0 amide bonds. The van der Waals surface area contributed by atoms with E-state index in [1.54, 1.807) is 12.1 Å². The Kier molecular flexibility index (Phi) is 7.07. The molecule has 1 N–H and O–H groups in total. The second kappa shape index (κ2) is 8.11. The van der Waals surface area contributed by atoms with Crippen molar-refractivity contribution in [2.45, 2.75) is 70.6 Å². The molecule has 0 heterocycles. The fraction of sp³-hybridized carbons (Fsp3) is 0.667. The van der Waals surface area contributed by atoms with E-state index in [0.29, 0.717) is 17.4 Å². The van der Waals surface area contributed by atoms with Crippen molar-refractivity contribution in [1.82, 2.24) is 4.72 Å². The molecule has 1 rings (SSSR count). The highest BCUT2D eigenvalue weighted by molar-refractivity contribution is 7.89.